The minimum Gasteiger partial charge on any atom is -0.508 e. The number of rotatable bonds is 6. The largest absolute Gasteiger partial charge is 0.508 e. The van der Waals surface area contributed by atoms with Crippen molar-refractivity contribution in [3.8, 4) is 17.2 Å². The van der Waals surface area contributed by atoms with Gasteiger partial charge < -0.3 is 14.6 Å². The molecule has 0 radical (unpaired) electrons. The summed E-state index contributed by atoms with van der Waals surface area (Å²) in [5.41, 5.74) is 3.12. The van der Waals surface area contributed by atoms with Crippen LogP contribution in [0.25, 0.3) is 0 Å². The molecule has 4 nitrogen and oxygen atoms in total. The van der Waals surface area contributed by atoms with E-state index in [1.165, 1.54) is 37.1 Å². The highest BCUT2D eigenvalue weighted by molar-refractivity contribution is 5.52. The van der Waals surface area contributed by atoms with Gasteiger partial charge in [0.2, 0.25) is 0 Å². The Labute approximate surface area is 196 Å². The van der Waals surface area contributed by atoms with E-state index in [2.05, 4.69) is 73.3 Å². The molecule has 0 unspecified atom stereocenters. The van der Waals surface area contributed by atoms with Crippen molar-refractivity contribution in [3.63, 3.8) is 0 Å². The molecule has 3 aromatic rings. The lowest BCUT2D eigenvalue weighted by Crippen LogP contribution is -2.43. The Balaban J connectivity index is 1.45. The van der Waals surface area contributed by atoms with E-state index in [0.29, 0.717) is 0 Å². The number of aromatic hydroxyl groups is 1. The van der Waals surface area contributed by atoms with Crippen LogP contribution in [0.1, 0.15) is 55.2 Å². The maximum absolute atomic E-state index is 10.1. The van der Waals surface area contributed by atoms with Crippen LogP contribution in [0.2, 0.25) is 0 Å². The first-order valence-electron chi connectivity index (χ1n) is 12.0. The van der Waals surface area contributed by atoms with Crippen LogP contribution in [0.3, 0.4) is 0 Å². The van der Waals surface area contributed by atoms with E-state index in [4.69, 9.17) is 9.47 Å². The molecule has 5 rings (SSSR count). The zero-order chi connectivity index (χ0) is 22.8. The zero-order valence-corrected chi connectivity index (χ0v) is 19.5. The first kappa shape index (κ1) is 21.8. The van der Waals surface area contributed by atoms with Gasteiger partial charge in [-0.05, 0) is 69.1 Å². The van der Waals surface area contributed by atoms with Gasteiger partial charge in [0.15, 0.2) is 0 Å². The van der Waals surface area contributed by atoms with Gasteiger partial charge >= 0.3 is 0 Å². The van der Waals surface area contributed by atoms with Crippen LogP contribution in [0.4, 0.5) is 0 Å². The minimum atomic E-state index is -0.447. The fourth-order valence-corrected chi connectivity index (χ4v) is 5.49. The van der Waals surface area contributed by atoms with Gasteiger partial charge in [-0.25, -0.2) is 0 Å². The predicted molar refractivity (Wildman–Crippen MR) is 131 cm³/mol. The summed E-state index contributed by atoms with van der Waals surface area (Å²) in [4.78, 5) is 2.47. The van der Waals surface area contributed by atoms with Gasteiger partial charge in [0.1, 0.15) is 29.5 Å². The molecule has 1 N–H and O–H groups in total. The number of likely N-dealkylation sites (tertiary alicyclic amines) is 1. The van der Waals surface area contributed by atoms with Gasteiger partial charge in [-0.15, -0.1) is 0 Å². The van der Waals surface area contributed by atoms with Crippen LogP contribution < -0.4 is 9.47 Å². The Hall–Kier alpha value is -2.98. The van der Waals surface area contributed by atoms with Crippen molar-refractivity contribution in [2.24, 2.45) is 0 Å². The Morgan fingerprint density at radius 2 is 1.67 bits per heavy atom. The first-order chi connectivity index (χ1) is 16.0. The minimum absolute atomic E-state index is 0.102. The summed E-state index contributed by atoms with van der Waals surface area (Å²) in [7, 11) is 0. The summed E-state index contributed by atoms with van der Waals surface area (Å²) in [5.74, 6) is 2.11. The summed E-state index contributed by atoms with van der Waals surface area (Å²) in [6.07, 6.45) is 2.61. The smallest absolute Gasteiger partial charge is 0.127 e. The fraction of sp³-hybridized carbons (Fsp3) is 0.379. The number of hydrogen-bond donors (Lipinski definition) is 1. The quantitative estimate of drug-likeness (QED) is 0.511. The third-order valence-electron chi connectivity index (χ3n) is 7.06. The number of phenols is 1. The average Bonchev–Trinajstić information content (AvgIpc) is 3.32. The lowest BCUT2D eigenvalue weighted by molar-refractivity contribution is 0.0528. The van der Waals surface area contributed by atoms with Crippen molar-refractivity contribution >= 4 is 0 Å². The van der Waals surface area contributed by atoms with Gasteiger partial charge in [0, 0.05) is 30.0 Å². The molecule has 2 aliphatic rings. The molecule has 1 fully saturated rings. The highest BCUT2D eigenvalue weighted by Crippen LogP contribution is 2.53. The molecule has 4 heteroatoms. The molecule has 0 bridgehead atoms. The van der Waals surface area contributed by atoms with E-state index in [1.807, 2.05) is 6.07 Å². The number of fused-ring (bicyclic) bond motifs is 1. The van der Waals surface area contributed by atoms with Crippen LogP contribution in [0, 0.1) is 0 Å². The normalized spacial score (nSPS) is 21.9. The van der Waals surface area contributed by atoms with E-state index in [0.717, 1.165) is 30.2 Å². The van der Waals surface area contributed by atoms with Crippen molar-refractivity contribution in [3.05, 3.63) is 89.5 Å². The van der Waals surface area contributed by atoms with E-state index in [9.17, 15) is 5.11 Å². The molecule has 33 heavy (non-hydrogen) atoms. The molecule has 0 aromatic heterocycles. The summed E-state index contributed by atoms with van der Waals surface area (Å²) in [6.45, 7) is 8.37. The topological polar surface area (TPSA) is 41.9 Å². The highest BCUT2D eigenvalue weighted by Gasteiger charge is 2.45. The summed E-state index contributed by atoms with van der Waals surface area (Å²) >= 11 is 0. The van der Waals surface area contributed by atoms with Gasteiger partial charge in [0.25, 0.3) is 0 Å². The number of phenolic OH excluding ortho intramolecular Hbond substituents is 1. The number of benzene rings is 3. The second-order valence-corrected chi connectivity index (χ2v) is 9.76. The first-order valence-corrected chi connectivity index (χ1v) is 12.0. The molecule has 0 amide bonds. The lowest BCUT2D eigenvalue weighted by Gasteiger charge is -2.45. The van der Waals surface area contributed by atoms with Crippen LogP contribution in [0.5, 0.6) is 17.2 Å². The number of nitrogens with zero attached hydrogens (tertiary/aromatic N) is 1. The maximum atomic E-state index is 10.1. The SMILES string of the molecule is CC1(C)Oc2cc(O)ccc2[C@@H](c2ccc(OCCN3CCCC3)cc2)[C@H]1c1ccccc1. The van der Waals surface area contributed by atoms with Crippen LogP contribution in [0.15, 0.2) is 72.8 Å². The second-order valence-electron chi connectivity index (χ2n) is 9.76. The monoisotopic (exact) mass is 443 g/mol. The van der Waals surface area contributed by atoms with E-state index < -0.39 is 5.60 Å². The third kappa shape index (κ3) is 4.58. The third-order valence-corrected chi connectivity index (χ3v) is 7.06. The number of hydrogen-bond acceptors (Lipinski definition) is 4. The predicted octanol–water partition coefficient (Wildman–Crippen LogP) is 5.95. The molecule has 0 aliphatic carbocycles. The molecular weight excluding hydrogens is 410 g/mol. The van der Waals surface area contributed by atoms with Gasteiger partial charge in [0.05, 0.1) is 0 Å². The molecule has 3 aromatic carbocycles. The van der Waals surface area contributed by atoms with Gasteiger partial charge in [-0.3, -0.25) is 4.90 Å². The summed E-state index contributed by atoms with van der Waals surface area (Å²) in [6, 6.07) is 24.6. The Morgan fingerprint density at radius 3 is 2.39 bits per heavy atom. The van der Waals surface area contributed by atoms with Crippen LogP contribution >= 0.6 is 0 Å². The lowest BCUT2D eigenvalue weighted by atomic mass is 9.68. The van der Waals surface area contributed by atoms with Gasteiger partial charge in [-0.2, -0.15) is 0 Å². The van der Waals surface area contributed by atoms with Crippen LogP contribution in [-0.4, -0.2) is 41.8 Å². The van der Waals surface area contributed by atoms with Crippen LogP contribution in [-0.2, 0) is 0 Å². The molecule has 2 atom stereocenters. The Kier molecular flexibility index (Phi) is 6.03. The molecule has 2 aliphatic heterocycles. The summed E-state index contributed by atoms with van der Waals surface area (Å²) < 4.78 is 12.5. The van der Waals surface area contributed by atoms with Crippen molar-refractivity contribution in [1.29, 1.82) is 0 Å². The average molecular weight is 444 g/mol. The number of ether oxygens (including phenoxy) is 2. The molecule has 1 saturated heterocycles. The van der Waals surface area contributed by atoms with E-state index in [1.54, 1.807) is 12.1 Å². The molecule has 2 heterocycles. The Bertz CT molecular complexity index is 1070. The van der Waals surface area contributed by atoms with Crippen molar-refractivity contribution in [1.82, 2.24) is 4.90 Å². The standard InChI is InChI=1S/C29H33NO3/c1-29(2)28(22-8-4-3-5-9-22)27(25-15-12-23(31)20-26(25)33-29)21-10-13-24(14-11-21)32-19-18-30-16-6-7-17-30/h3-5,8-15,20,27-28,31H,6-7,16-19H2,1-2H3/t27-,28-/m1/s1. The summed E-state index contributed by atoms with van der Waals surface area (Å²) in [5, 5.41) is 10.1. The molecule has 0 spiro atoms. The zero-order valence-electron chi connectivity index (χ0n) is 19.5. The highest BCUT2D eigenvalue weighted by atomic mass is 16.5. The fourth-order valence-electron chi connectivity index (χ4n) is 5.49. The van der Waals surface area contributed by atoms with E-state index >= 15 is 0 Å². The molecular formula is C29H33NO3. The van der Waals surface area contributed by atoms with E-state index in [-0.39, 0.29) is 17.6 Å². The van der Waals surface area contributed by atoms with Crippen molar-refractivity contribution in [2.45, 2.75) is 44.1 Å². The maximum Gasteiger partial charge on any atom is 0.127 e. The molecule has 172 valence electrons. The molecule has 0 saturated carbocycles. The van der Waals surface area contributed by atoms with Gasteiger partial charge in [-0.1, -0.05) is 48.5 Å². The van der Waals surface area contributed by atoms with Crippen molar-refractivity contribution in [2.75, 3.05) is 26.2 Å². The second kappa shape index (κ2) is 9.11. The Morgan fingerprint density at radius 1 is 0.939 bits per heavy atom. The van der Waals surface area contributed by atoms with Crippen molar-refractivity contribution < 1.29 is 14.6 Å².